The maximum absolute atomic E-state index is 12.7. The van der Waals surface area contributed by atoms with Crippen LogP contribution in [-0.2, 0) is 9.59 Å². The number of hydrogen-bond donors (Lipinski definition) is 2. The minimum atomic E-state index is -0.661. The van der Waals surface area contributed by atoms with Crippen LogP contribution in [0.2, 0.25) is 0 Å². The van der Waals surface area contributed by atoms with Gasteiger partial charge >= 0.3 is 0 Å². The minimum Gasteiger partial charge on any atom is -0.352 e. The van der Waals surface area contributed by atoms with E-state index in [1.165, 1.54) is 38.8 Å². The maximum Gasteiger partial charge on any atom is 0.245 e. The summed E-state index contributed by atoms with van der Waals surface area (Å²) in [6, 6.07) is 0.160. The van der Waals surface area contributed by atoms with E-state index in [1.54, 1.807) is 4.90 Å². The number of likely N-dealkylation sites (tertiary alicyclic amines) is 2. The van der Waals surface area contributed by atoms with Gasteiger partial charge in [-0.25, -0.2) is 0 Å². The number of nitrogens with one attached hydrogen (secondary N) is 2. The molecule has 2 heterocycles. The molecule has 2 saturated heterocycles. The van der Waals surface area contributed by atoms with Crippen molar-refractivity contribution in [3.8, 4) is 0 Å². The first-order valence-electron chi connectivity index (χ1n) is 9.42. The van der Waals surface area contributed by atoms with Gasteiger partial charge in [-0.1, -0.05) is 6.92 Å². The molecule has 0 spiro atoms. The molecule has 0 aromatic heterocycles. The van der Waals surface area contributed by atoms with Crippen LogP contribution < -0.4 is 10.2 Å². The van der Waals surface area contributed by atoms with E-state index in [9.17, 15) is 9.59 Å². The molecule has 2 amide bonds. The second kappa shape index (κ2) is 8.13. The normalized spacial score (nSPS) is 27.8. The van der Waals surface area contributed by atoms with Crippen LogP contribution in [0.5, 0.6) is 0 Å². The van der Waals surface area contributed by atoms with Crippen LogP contribution in [0.4, 0.5) is 0 Å². The fourth-order valence-corrected chi connectivity index (χ4v) is 3.73. The van der Waals surface area contributed by atoms with E-state index in [1.807, 2.05) is 18.7 Å². The first kappa shape index (κ1) is 18.2. The van der Waals surface area contributed by atoms with Crippen molar-refractivity contribution in [2.75, 3.05) is 26.2 Å². The lowest BCUT2D eigenvalue weighted by atomic mass is 9.97. The molecule has 2 N–H and O–H groups in total. The number of rotatable bonds is 6. The molecule has 132 valence electrons. The van der Waals surface area contributed by atoms with Gasteiger partial charge in [-0.3, -0.25) is 9.59 Å². The predicted octanol–water partition coefficient (Wildman–Crippen LogP) is 0.741. The number of carbonyl (C=O) groups is 2. The molecule has 0 bridgehead atoms. The van der Waals surface area contributed by atoms with Gasteiger partial charge in [-0.15, -0.1) is 0 Å². The Hall–Kier alpha value is -1.10. The zero-order valence-corrected chi connectivity index (χ0v) is 15.1. The second-order valence-corrected chi connectivity index (χ2v) is 7.52. The van der Waals surface area contributed by atoms with Crippen LogP contribution >= 0.6 is 0 Å². The molecular formula is C18H34N3O2+. The van der Waals surface area contributed by atoms with Gasteiger partial charge in [0.25, 0.3) is 0 Å². The van der Waals surface area contributed by atoms with Crippen molar-refractivity contribution >= 4 is 11.8 Å². The highest BCUT2D eigenvalue weighted by molar-refractivity contribution is 5.94. The van der Waals surface area contributed by atoms with Crippen LogP contribution in [0, 0.1) is 0 Å². The third-order valence-electron chi connectivity index (χ3n) is 5.70. The molecule has 0 radical (unpaired) electrons. The highest BCUT2D eigenvalue weighted by Gasteiger charge is 2.47. The topological polar surface area (TPSA) is 53.9 Å². The van der Waals surface area contributed by atoms with Crippen LogP contribution in [0.1, 0.15) is 65.7 Å². The molecule has 5 heteroatoms. The number of hydrogen-bond acceptors (Lipinski definition) is 2. The number of nitrogens with zero attached hydrogens (tertiary/aromatic N) is 1. The Bertz CT molecular complexity index is 418. The second-order valence-electron chi connectivity index (χ2n) is 7.52. The number of quaternary nitrogens is 1. The standard InChI is InChI=1S/C18H33N3O2/c1-4-15(2)19-17(23)18(3)10-9-16(22)21(18)14-13-20-11-7-5-6-8-12-20/h15H,4-14H2,1-3H3,(H,19,23)/p+1. The Labute approximate surface area is 140 Å². The van der Waals surface area contributed by atoms with Crippen molar-refractivity contribution in [2.45, 2.75) is 77.3 Å². The average Bonchev–Trinajstić information content (AvgIpc) is 2.73. The minimum absolute atomic E-state index is 0.0172. The lowest BCUT2D eigenvalue weighted by Crippen LogP contribution is -3.12. The van der Waals surface area contributed by atoms with E-state index < -0.39 is 5.54 Å². The predicted molar refractivity (Wildman–Crippen MR) is 91.3 cm³/mol. The lowest BCUT2D eigenvalue weighted by Gasteiger charge is -2.35. The maximum atomic E-state index is 12.7. The monoisotopic (exact) mass is 324 g/mol. The molecular weight excluding hydrogens is 290 g/mol. The molecule has 0 saturated carbocycles. The smallest absolute Gasteiger partial charge is 0.245 e. The van der Waals surface area contributed by atoms with Crippen molar-refractivity contribution in [1.29, 1.82) is 0 Å². The van der Waals surface area contributed by atoms with E-state index in [0.29, 0.717) is 19.4 Å². The van der Waals surface area contributed by atoms with Crippen molar-refractivity contribution in [2.24, 2.45) is 0 Å². The van der Waals surface area contributed by atoms with Gasteiger partial charge in [0.05, 0.1) is 26.2 Å². The highest BCUT2D eigenvalue weighted by Crippen LogP contribution is 2.30. The summed E-state index contributed by atoms with van der Waals surface area (Å²) in [4.78, 5) is 28.5. The number of carbonyl (C=O) groups excluding carboxylic acids is 2. The van der Waals surface area contributed by atoms with Crippen molar-refractivity contribution in [3.63, 3.8) is 0 Å². The molecule has 0 aliphatic carbocycles. The van der Waals surface area contributed by atoms with E-state index in [4.69, 9.17) is 0 Å². The molecule has 2 rings (SSSR count). The van der Waals surface area contributed by atoms with E-state index in [-0.39, 0.29) is 17.9 Å². The van der Waals surface area contributed by atoms with Gasteiger partial charge < -0.3 is 15.1 Å². The SMILES string of the molecule is CCC(C)NC(=O)C1(C)CCC(=O)N1CC[NH+]1CCCCCC1. The largest absolute Gasteiger partial charge is 0.352 e. The Morgan fingerprint density at radius 2 is 1.96 bits per heavy atom. The molecule has 2 unspecified atom stereocenters. The van der Waals surface area contributed by atoms with Crippen molar-refractivity contribution in [3.05, 3.63) is 0 Å². The van der Waals surface area contributed by atoms with Crippen LogP contribution in [-0.4, -0.2) is 54.5 Å². The summed E-state index contributed by atoms with van der Waals surface area (Å²) in [5.74, 6) is 0.157. The fraction of sp³-hybridized carbons (Fsp3) is 0.889. The quantitative estimate of drug-likeness (QED) is 0.757. The third-order valence-corrected chi connectivity index (χ3v) is 5.70. The molecule has 2 fully saturated rings. The Morgan fingerprint density at radius 1 is 1.30 bits per heavy atom. The average molecular weight is 324 g/mol. The molecule has 5 nitrogen and oxygen atoms in total. The van der Waals surface area contributed by atoms with Crippen LogP contribution in [0.3, 0.4) is 0 Å². The third kappa shape index (κ3) is 4.46. The van der Waals surface area contributed by atoms with Gasteiger partial charge in [-0.2, -0.15) is 0 Å². The molecule has 0 aromatic rings. The van der Waals surface area contributed by atoms with E-state index in [0.717, 1.165) is 13.0 Å². The Balaban J connectivity index is 1.96. The van der Waals surface area contributed by atoms with E-state index >= 15 is 0 Å². The molecule has 2 aliphatic rings. The summed E-state index contributed by atoms with van der Waals surface area (Å²) in [7, 11) is 0. The summed E-state index contributed by atoms with van der Waals surface area (Å²) in [6.45, 7) is 10.1. The summed E-state index contributed by atoms with van der Waals surface area (Å²) < 4.78 is 0. The Morgan fingerprint density at radius 3 is 2.57 bits per heavy atom. The summed E-state index contributed by atoms with van der Waals surface area (Å²) in [5, 5.41) is 3.07. The molecule has 23 heavy (non-hydrogen) atoms. The highest BCUT2D eigenvalue weighted by atomic mass is 16.2. The van der Waals surface area contributed by atoms with Gasteiger partial charge in [0.1, 0.15) is 5.54 Å². The summed E-state index contributed by atoms with van der Waals surface area (Å²) >= 11 is 0. The number of amides is 2. The Kier molecular flexibility index (Phi) is 6.45. The molecule has 2 aliphatic heterocycles. The zero-order chi connectivity index (χ0) is 16.9. The first-order chi connectivity index (χ1) is 11.0. The zero-order valence-electron chi connectivity index (χ0n) is 15.1. The fourth-order valence-electron chi connectivity index (χ4n) is 3.73. The van der Waals surface area contributed by atoms with Crippen molar-refractivity contribution < 1.29 is 14.5 Å². The summed E-state index contributed by atoms with van der Waals surface area (Å²) in [5.41, 5.74) is -0.661. The first-order valence-corrected chi connectivity index (χ1v) is 9.42. The van der Waals surface area contributed by atoms with Gasteiger partial charge in [0, 0.05) is 12.5 Å². The van der Waals surface area contributed by atoms with Gasteiger partial charge in [0.2, 0.25) is 11.8 Å². The van der Waals surface area contributed by atoms with Crippen molar-refractivity contribution in [1.82, 2.24) is 10.2 Å². The summed E-state index contributed by atoms with van der Waals surface area (Å²) in [6.07, 6.45) is 7.29. The van der Waals surface area contributed by atoms with E-state index in [2.05, 4.69) is 12.2 Å². The van der Waals surface area contributed by atoms with Crippen LogP contribution in [0.25, 0.3) is 0 Å². The van der Waals surface area contributed by atoms with Gasteiger partial charge in [-0.05, 0) is 52.4 Å². The van der Waals surface area contributed by atoms with Gasteiger partial charge in [0.15, 0.2) is 0 Å². The molecule has 2 atom stereocenters. The lowest BCUT2D eigenvalue weighted by molar-refractivity contribution is -0.898. The molecule has 0 aromatic carbocycles. The van der Waals surface area contributed by atoms with Crippen LogP contribution in [0.15, 0.2) is 0 Å².